The highest BCUT2D eigenvalue weighted by Gasteiger charge is 2.28. The van der Waals surface area contributed by atoms with E-state index >= 15 is 0 Å². The van der Waals surface area contributed by atoms with Crippen molar-refractivity contribution in [2.45, 2.75) is 25.8 Å². The molecule has 0 saturated heterocycles. The van der Waals surface area contributed by atoms with Crippen LogP contribution in [0.5, 0.6) is 0 Å². The second kappa shape index (κ2) is 4.49. The molecule has 1 heterocycles. The van der Waals surface area contributed by atoms with Crippen LogP contribution in [0.25, 0.3) is 0 Å². The van der Waals surface area contributed by atoms with Crippen molar-refractivity contribution in [1.82, 2.24) is 5.32 Å². The van der Waals surface area contributed by atoms with Gasteiger partial charge >= 0.3 is 0 Å². The maximum absolute atomic E-state index is 12.3. The third-order valence-electron chi connectivity index (χ3n) is 3.57. The summed E-state index contributed by atoms with van der Waals surface area (Å²) in [4.78, 5) is 14.2. The zero-order valence-corrected chi connectivity index (χ0v) is 9.98. The molecule has 17 heavy (non-hydrogen) atoms. The molecule has 1 aliphatic heterocycles. The number of fused-ring (bicyclic) bond motifs is 1. The highest BCUT2D eigenvalue weighted by Crippen LogP contribution is 2.34. The van der Waals surface area contributed by atoms with E-state index in [2.05, 4.69) is 17.4 Å². The maximum Gasteiger partial charge on any atom is 0.227 e. The summed E-state index contributed by atoms with van der Waals surface area (Å²) in [7, 11) is 0. The van der Waals surface area contributed by atoms with E-state index in [0.29, 0.717) is 11.8 Å². The van der Waals surface area contributed by atoms with E-state index in [4.69, 9.17) is 0 Å². The van der Waals surface area contributed by atoms with Crippen LogP contribution in [0.2, 0.25) is 0 Å². The number of hydrogen-bond donors (Lipinski definition) is 1. The Labute approximate surface area is 102 Å². The number of benzene rings is 1. The van der Waals surface area contributed by atoms with E-state index in [1.807, 2.05) is 17.0 Å². The number of nitrogens with one attached hydrogen (secondary N) is 1. The van der Waals surface area contributed by atoms with Crippen LogP contribution < -0.4 is 10.2 Å². The van der Waals surface area contributed by atoms with Crippen LogP contribution in [-0.4, -0.2) is 19.0 Å². The van der Waals surface area contributed by atoms with E-state index in [0.717, 1.165) is 31.7 Å². The lowest BCUT2D eigenvalue weighted by atomic mass is 10.1. The molecule has 0 bridgehead atoms. The second-order valence-electron chi connectivity index (χ2n) is 5.00. The molecule has 1 fully saturated rings. The van der Waals surface area contributed by atoms with Crippen molar-refractivity contribution in [3.05, 3.63) is 29.8 Å². The van der Waals surface area contributed by atoms with Crippen molar-refractivity contribution in [1.29, 1.82) is 0 Å². The monoisotopic (exact) mass is 230 g/mol. The molecule has 1 saturated carbocycles. The maximum atomic E-state index is 12.3. The molecule has 1 N–H and O–H groups in total. The third kappa shape index (κ3) is 2.34. The van der Waals surface area contributed by atoms with Gasteiger partial charge in [0.15, 0.2) is 0 Å². The fraction of sp³-hybridized carbons (Fsp3) is 0.500. The molecule has 3 heteroatoms. The molecule has 90 valence electrons. The number of amides is 1. The third-order valence-corrected chi connectivity index (χ3v) is 3.57. The van der Waals surface area contributed by atoms with Gasteiger partial charge in [-0.3, -0.25) is 4.79 Å². The Morgan fingerprint density at radius 3 is 3.00 bits per heavy atom. The molecule has 3 rings (SSSR count). The fourth-order valence-corrected chi connectivity index (χ4v) is 2.40. The number of anilines is 1. The van der Waals surface area contributed by atoms with Crippen LogP contribution in [0.4, 0.5) is 5.69 Å². The molecule has 0 radical (unpaired) electrons. The first-order valence-electron chi connectivity index (χ1n) is 6.43. The summed E-state index contributed by atoms with van der Waals surface area (Å²) in [5, 5.41) is 3.36. The topological polar surface area (TPSA) is 32.3 Å². The molecule has 0 unspecified atom stereocenters. The van der Waals surface area contributed by atoms with Gasteiger partial charge in [-0.15, -0.1) is 0 Å². The Bertz CT molecular complexity index is 426. The minimum absolute atomic E-state index is 0.295. The Morgan fingerprint density at radius 1 is 1.35 bits per heavy atom. The number of hydrogen-bond acceptors (Lipinski definition) is 2. The number of para-hydroxylation sites is 1. The van der Waals surface area contributed by atoms with Gasteiger partial charge in [-0.2, -0.15) is 0 Å². The van der Waals surface area contributed by atoms with Crippen LogP contribution in [-0.2, 0) is 11.3 Å². The summed E-state index contributed by atoms with van der Waals surface area (Å²) in [6.07, 6.45) is 3.20. The lowest BCUT2D eigenvalue weighted by Gasteiger charge is -2.22. The van der Waals surface area contributed by atoms with Crippen LogP contribution in [0.1, 0.15) is 24.8 Å². The Hall–Kier alpha value is -1.35. The first-order chi connectivity index (χ1) is 8.34. The van der Waals surface area contributed by atoms with Gasteiger partial charge in [0.25, 0.3) is 0 Å². The normalized spacial score (nSPS) is 19.6. The number of carbonyl (C=O) groups excluding carboxylic acids is 1. The summed E-state index contributed by atoms with van der Waals surface area (Å²) in [6.45, 7) is 2.54. The zero-order valence-electron chi connectivity index (χ0n) is 9.98. The van der Waals surface area contributed by atoms with Gasteiger partial charge < -0.3 is 10.2 Å². The van der Waals surface area contributed by atoms with Gasteiger partial charge in [0.2, 0.25) is 5.91 Å². The van der Waals surface area contributed by atoms with Gasteiger partial charge in [-0.25, -0.2) is 0 Å². The average molecular weight is 230 g/mol. The minimum Gasteiger partial charge on any atom is -0.311 e. The van der Waals surface area contributed by atoms with Crippen LogP contribution in [0.15, 0.2) is 24.3 Å². The molecule has 1 aromatic rings. The number of rotatable bonds is 2. The summed E-state index contributed by atoms with van der Waals surface area (Å²) >= 11 is 0. The Morgan fingerprint density at radius 2 is 2.18 bits per heavy atom. The quantitative estimate of drug-likeness (QED) is 0.842. The van der Waals surface area contributed by atoms with E-state index in [9.17, 15) is 4.79 Å². The highest BCUT2D eigenvalue weighted by molar-refractivity contribution is 5.94. The summed E-state index contributed by atoms with van der Waals surface area (Å²) in [5.74, 6) is 0.953. The van der Waals surface area contributed by atoms with Crippen molar-refractivity contribution in [3.8, 4) is 0 Å². The Kier molecular flexibility index (Phi) is 2.85. The van der Waals surface area contributed by atoms with Gasteiger partial charge in [0, 0.05) is 31.7 Å². The first-order valence-corrected chi connectivity index (χ1v) is 6.43. The second-order valence-corrected chi connectivity index (χ2v) is 5.00. The molecule has 1 aromatic carbocycles. The van der Waals surface area contributed by atoms with E-state index in [-0.39, 0.29) is 0 Å². The largest absolute Gasteiger partial charge is 0.311 e. The molecule has 3 nitrogen and oxygen atoms in total. The molecule has 0 spiro atoms. The fourth-order valence-electron chi connectivity index (χ4n) is 2.40. The van der Waals surface area contributed by atoms with Gasteiger partial charge in [-0.05, 0) is 30.4 Å². The van der Waals surface area contributed by atoms with E-state index < -0.39 is 0 Å². The lowest BCUT2D eigenvalue weighted by Crippen LogP contribution is -2.34. The van der Waals surface area contributed by atoms with Crippen LogP contribution in [0, 0.1) is 5.92 Å². The number of nitrogens with zero attached hydrogens (tertiary/aromatic N) is 1. The van der Waals surface area contributed by atoms with Crippen molar-refractivity contribution in [2.75, 3.05) is 18.0 Å². The van der Waals surface area contributed by atoms with Crippen molar-refractivity contribution in [3.63, 3.8) is 0 Å². The smallest absolute Gasteiger partial charge is 0.227 e. The molecular formula is C14H18N2O. The average Bonchev–Trinajstić information content (AvgIpc) is 3.14. The summed E-state index contributed by atoms with van der Waals surface area (Å²) < 4.78 is 0. The SMILES string of the molecule is O=C(CC1CC1)N1CCNCc2ccccc21. The predicted octanol–water partition coefficient (Wildman–Crippen LogP) is 1.92. The van der Waals surface area contributed by atoms with E-state index in [1.54, 1.807) is 0 Å². The zero-order chi connectivity index (χ0) is 11.7. The highest BCUT2D eigenvalue weighted by atomic mass is 16.2. The first kappa shape index (κ1) is 10.8. The van der Waals surface area contributed by atoms with Crippen molar-refractivity contribution in [2.24, 2.45) is 5.92 Å². The van der Waals surface area contributed by atoms with Gasteiger partial charge in [-0.1, -0.05) is 18.2 Å². The number of carbonyl (C=O) groups is 1. The Balaban J connectivity index is 1.85. The summed E-state index contributed by atoms with van der Waals surface area (Å²) in [5.41, 5.74) is 2.33. The van der Waals surface area contributed by atoms with Crippen molar-refractivity contribution < 1.29 is 4.79 Å². The van der Waals surface area contributed by atoms with Gasteiger partial charge in [0.05, 0.1) is 0 Å². The van der Waals surface area contributed by atoms with Crippen LogP contribution >= 0.6 is 0 Å². The minimum atomic E-state index is 0.295. The molecule has 2 aliphatic rings. The molecule has 0 atom stereocenters. The molecule has 1 amide bonds. The standard InChI is InChI=1S/C14H18N2O/c17-14(9-11-5-6-11)16-8-7-15-10-12-3-1-2-4-13(12)16/h1-4,11,15H,5-10H2. The van der Waals surface area contributed by atoms with Gasteiger partial charge in [0.1, 0.15) is 0 Å². The molecule has 1 aliphatic carbocycles. The van der Waals surface area contributed by atoms with Crippen molar-refractivity contribution >= 4 is 11.6 Å². The molecule has 0 aromatic heterocycles. The van der Waals surface area contributed by atoms with E-state index in [1.165, 1.54) is 18.4 Å². The predicted molar refractivity (Wildman–Crippen MR) is 67.8 cm³/mol. The van der Waals surface area contributed by atoms with Crippen LogP contribution in [0.3, 0.4) is 0 Å². The molecular weight excluding hydrogens is 212 g/mol. The lowest BCUT2D eigenvalue weighted by molar-refractivity contribution is -0.118. The summed E-state index contributed by atoms with van der Waals surface area (Å²) in [6, 6.07) is 8.22.